The summed E-state index contributed by atoms with van der Waals surface area (Å²) in [7, 11) is 0. The number of carbonyl (C=O) groups excluding carboxylic acids is 1. The number of aldehydes is 1. The van der Waals surface area contributed by atoms with E-state index in [9.17, 15) is 4.79 Å². The van der Waals surface area contributed by atoms with Gasteiger partial charge in [0, 0.05) is 11.0 Å². The van der Waals surface area contributed by atoms with Crippen molar-refractivity contribution in [1.82, 2.24) is 0 Å². The van der Waals surface area contributed by atoms with Crippen LogP contribution >= 0.6 is 0 Å². The smallest absolute Gasteiger partial charge is 0.129 e. The predicted octanol–water partition coefficient (Wildman–Crippen LogP) is 1.83. The van der Waals surface area contributed by atoms with Gasteiger partial charge in [-0.25, -0.2) is 0 Å². The third-order valence-corrected chi connectivity index (χ3v) is 2.08. The van der Waals surface area contributed by atoms with Crippen molar-refractivity contribution >= 4 is 6.29 Å². The molecule has 0 saturated carbocycles. The molecule has 0 aliphatic heterocycles. The average molecular weight is 149 g/mol. The molecular weight excluding hydrogens is 138 g/mol. The van der Waals surface area contributed by atoms with Gasteiger partial charge in [0.1, 0.15) is 6.29 Å². The summed E-state index contributed by atoms with van der Waals surface area (Å²) in [4.78, 5) is 10.6. The SMILES string of the molecule is C[C@]1(C=O)C=C(C#N)CCC1. The van der Waals surface area contributed by atoms with Gasteiger partial charge in [0.15, 0.2) is 0 Å². The highest BCUT2D eigenvalue weighted by atomic mass is 16.1. The fourth-order valence-electron chi connectivity index (χ4n) is 1.38. The molecule has 1 aliphatic carbocycles. The molecule has 0 bridgehead atoms. The first kappa shape index (κ1) is 8.00. The Hall–Kier alpha value is -1.10. The highest BCUT2D eigenvalue weighted by Gasteiger charge is 2.24. The second-order valence-corrected chi connectivity index (χ2v) is 3.26. The zero-order valence-corrected chi connectivity index (χ0v) is 6.63. The van der Waals surface area contributed by atoms with E-state index in [4.69, 9.17) is 5.26 Å². The van der Waals surface area contributed by atoms with Crippen molar-refractivity contribution in [2.45, 2.75) is 26.2 Å². The van der Waals surface area contributed by atoms with Crippen LogP contribution in [0.2, 0.25) is 0 Å². The Morgan fingerprint density at radius 1 is 1.82 bits per heavy atom. The van der Waals surface area contributed by atoms with E-state index in [-0.39, 0.29) is 5.41 Å². The third kappa shape index (κ3) is 1.68. The molecule has 0 amide bonds. The van der Waals surface area contributed by atoms with E-state index >= 15 is 0 Å². The van der Waals surface area contributed by atoms with Crippen LogP contribution < -0.4 is 0 Å². The van der Waals surface area contributed by atoms with E-state index in [0.717, 1.165) is 31.1 Å². The van der Waals surface area contributed by atoms with Crippen LogP contribution in [0.5, 0.6) is 0 Å². The maximum absolute atomic E-state index is 10.6. The Labute approximate surface area is 66.5 Å². The summed E-state index contributed by atoms with van der Waals surface area (Å²) in [6, 6.07) is 2.10. The van der Waals surface area contributed by atoms with E-state index in [1.165, 1.54) is 0 Å². The maximum Gasteiger partial charge on any atom is 0.129 e. The van der Waals surface area contributed by atoms with Crippen molar-refractivity contribution in [3.63, 3.8) is 0 Å². The van der Waals surface area contributed by atoms with Crippen LogP contribution in [0.15, 0.2) is 11.6 Å². The number of nitrogens with zero attached hydrogens (tertiary/aromatic N) is 1. The summed E-state index contributed by atoms with van der Waals surface area (Å²) < 4.78 is 0. The molecule has 11 heavy (non-hydrogen) atoms. The second kappa shape index (κ2) is 2.87. The molecule has 0 N–H and O–H groups in total. The standard InChI is InChI=1S/C9H11NO/c1-9(7-11)4-2-3-8(5-9)6-10/h5,7H,2-4H2,1H3/t9-/m1/s1. The zero-order chi connectivity index (χ0) is 8.32. The first-order valence-electron chi connectivity index (χ1n) is 3.78. The van der Waals surface area contributed by atoms with Gasteiger partial charge in [0.25, 0.3) is 0 Å². The Bertz CT molecular complexity index is 236. The van der Waals surface area contributed by atoms with Gasteiger partial charge in [0.2, 0.25) is 0 Å². The minimum absolute atomic E-state index is 0.372. The fourth-order valence-corrected chi connectivity index (χ4v) is 1.38. The topological polar surface area (TPSA) is 40.9 Å². The van der Waals surface area contributed by atoms with Crippen LogP contribution in [-0.2, 0) is 4.79 Å². The molecule has 0 heterocycles. The summed E-state index contributed by atoms with van der Waals surface area (Å²) >= 11 is 0. The Balaban J connectivity index is 2.88. The van der Waals surface area contributed by atoms with Gasteiger partial charge >= 0.3 is 0 Å². The molecule has 0 fully saturated rings. The fraction of sp³-hybridized carbons (Fsp3) is 0.556. The normalized spacial score (nSPS) is 30.4. The van der Waals surface area contributed by atoms with E-state index in [1.807, 2.05) is 6.92 Å². The predicted molar refractivity (Wildman–Crippen MR) is 41.7 cm³/mol. The number of rotatable bonds is 1. The monoisotopic (exact) mass is 149 g/mol. The van der Waals surface area contributed by atoms with Crippen molar-refractivity contribution < 1.29 is 4.79 Å². The van der Waals surface area contributed by atoms with E-state index < -0.39 is 0 Å². The number of allylic oxidation sites excluding steroid dienone is 2. The summed E-state index contributed by atoms with van der Waals surface area (Å²) in [6.07, 6.45) is 5.39. The van der Waals surface area contributed by atoms with Crippen LogP contribution in [0.25, 0.3) is 0 Å². The van der Waals surface area contributed by atoms with Crippen LogP contribution in [0.3, 0.4) is 0 Å². The molecule has 2 heteroatoms. The van der Waals surface area contributed by atoms with Gasteiger partial charge < -0.3 is 4.79 Å². The molecule has 1 rings (SSSR count). The molecule has 1 aliphatic rings. The number of hydrogen-bond donors (Lipinski definition) is 0. The van der Waals surface area contributed by atoms with Crippen molar-refractivity contribution in [2.24, 2.45) is 5.41 Å². The van der Waals surface area contributed by atoms with Crippen LogP contribution in [0.1, 0.15) is 26.2 Å². The third-order valence-electron chi connectivity index (χ3n) is 2.08. The van der Waals surface area contributed by atoms with Crippen molar-refractivity contribution in [1.29, 1.82) is 5.26 Å². The maximum atomic E-state index is 10.6. The van der Waals surface area contributed by atoms with Gasteiger partial charge in [-0.15, -0.1) is 0 Å². The molecule has 58 valence electrons. The first-order valence-corrected chi connectivity index (χ1v) is 3.78. The molecular formula is C9H11NO. The molecule has 0 aromatic heterocycles. The molecule has 1 atom stereocenters. The largest absolute Gasteiger partial charge is 0.302 e. The van der Waals surface area contributed by atoms with Crippen LogP contribution in [0, 0.1) is 16.7 Å². The van der Waals surface area contributed by atoms with Crippen LogP contribution in [-0.4, -0.2) is 6.29 Å². The molecule has 0 unspecified atom stereocenters. The number of nitriles is 1. The highest BCUT2D eigenvalue weighted by molar-refractivity contribution is 5.63. The Morgan fingerprint density at radius 3 is 3.09 bits per heavy atom. The lowest BCUT2D eigenvalue weighted by atomic mass is 9.79. The van der Waals surface area contributed by atoms with Gasteiger partial charge in [-0.3, -0.25) is 0 Å². The van der Waals surface area contributed by atoms with E-state index in [2.05, 4.69) is 6.07 Å². The minimum Gasteiger partial charge on any atom is -0.302 e. The second-order valence-electron chi connectivity index (χ2n) is 3.26. The highest BCUT2D eigenvalue weighted by Crippen LogP contribution is 2.31. The van der Waals surface area contributed by atoms with E-state index in [1.54, 1.807) is 6.08 Å². The van der Waals surface area contributed by atoms with Crippen molar-refractivity contribution in [2.75, 3.05) is 0 Å². The van der Waals surface area contributed by atoms with Crippen molar-refractivity contribution in [3.8, 4) is 6.07 Å². The summed E-state index contributed by atoms with van der Waals surface area (Å²) in [5, 5.41) is 8.58. The molecule has 0 radical (unpaired) electrons. The summed E-state index contributed by atoms with van der Waals surface area (Å²) in [6.45, 7) is 1.87. The lowest BCUT2D eigenvalue weighted by Gasteiger charge is -2.23. The number of carbonyl (C=O) groups is 1. The molecule has 0 aromatic carbocycles. The van der Waals surface area contributed by atoms with Gasteiger partial charge in [-0.1, -0.05) is 6.08 Å². The quantitative estimate of drug-likeness (QED) is 0.533. The van der Waals surface area contributed by atoms with Crippen LogP contribution in [0.4, 0.5) is 0 Å². The Morgan fingerprint density at radius 2 is 2.55 bits per heavy atom. The van der Waals surface area contributed by atoms with E-state index in [0.29, 0.717) is 0 Å². The molecule has 0 spiro atoms. The van der Waals surface area contributed by atoms with Gasteiger partial charge in [-0.2, -0.15) is 5.26 Å². The lowest BCUT2D eigenvalue weighted by molar-refractivity contribution is -0.113. The molecule has 0 saturated heterocycles. The molecule has 2 nitrogen and oxygen atoms in total. The first-order chi connectivity index (χ1) is 5.20. The number of hydrogen-bond acceptors (Lipinski definition) is 2. The van der Waals surface area contributed by atoms with Gasteiger partial charge in [-0.05, 0) is 26.2 Å². The van der Waals surface area contributed by atoms with Crippen molar-refractivity contribution in [3.05, 3.63) is 11.6 Å². The zero-order valence-electron chi connectivity index (χ0n) is 6.63. The summed E-state index contributed by atoms with van der Waals surface area (Å²) in [5.41, 5.74) is 0.384. The van der Waals surface area contributed by atoms with Gasteiger partial charge in [0.05, 0.1) is 6.07 Å². The average Bonchev–Trinajstić information content (AvgIpc) is 2.05. The minimum atomic E-state index is -0.372. The molecule has 0 aromatic rings. The lowest BCUT2D eigenvalue weighted by Crippen LogP contribution is -2.18. The Kier molecular flexibility index (Phi) is 2.09. The summed E-state index contributed by atoms with van der Waals surface area (Å²) in [5.74, 6) is 0.